The topological polar surface area (TPSA) is 227 Å². The van der Waals surface area contributed by atoms with Crippen LogP contribution < -0.4 is 55.0 Å². The minimum Gasteiger partial charge on any atom is -1.00 e. The molecule has 0 atom stereocenters. The third kappa shape index (κ3) is 40.5. The van der Waals surface area contributed by atoms with Gasteiger partial charge in [0.2, 0.25) is 17.7 Å². The van der Waals surface area contributed by atoms with Gasteiger partial charge in [0, 0.05) is 126 Å². The second-order valence-corrected chi connectivity index (χ2v) is 34.8. The van der Waals surface area contributed by atoms with Gasteiger partial charge in [-0.1, -0.05) is 189 Å². The first-order chi connectivity index (χ1) is 61.7. The summed E-state index contributed by atoms with van der Waals surface area (Å²) in [7, 11) is 7.52. The highest BCUT2D eigenvalue weighted by Crippen LogP contribution is 2.43. The van der Waals surface area contributed by atoms with Gasteiger partial charge in [0.15, 0.2) is 20.5 Å². The molecule has 0 aliphatic heterocycles. The molecule has 4 aromatic heterocycles. The Labute approximate surface area is 850 Å². The number of aliphatic hydroxyl groups is 3. The van der Waals surface area contributed by atoms with Crippen LogP contribution in [0.2, 0.25) is 20.1 Å². The molecule has 0 fully saturated rings. The van der Waals surface area contributed by atoms with Crippen LogP contribution in [-0.2, 0) is 39.1 Å². The van der Waals surface area contributed by atoms with Crippen LogP contribution in [0.5, 0.6) is 0 Å². The van der Waals surface area contributed by atoms with Crippen molar-refractivity contribution in [1.82, 2.24) is 30.2 Å². The summed E-state index contributed by atoms with van der Waals surface area (Å²) >= 11 is 37.5. The molecule has 0 saturated heterocycles. The smallest absolute Gasteiger partial charge is 0.416 e. The zero-order valence-electron chi connectivity index (χ0n) is 70.7. The summed E-state index contributed by atoms with van der Waals surface area (Å²) in [4.78, 5) is 64.8. The van der Waals surface area contributed by atoms with E-state index in [2.05, 4.69) is 85.0 Å². The van der Waals surface area contributed by atoms with Gasteiger partial charge in [0.05, 0.1) is 103 Å². The lowest BCUT2D eigenvalue weighted by molar-refractivity contribution is -0.890. The number of aromatic nitrogens is 4. The molecule has 7 N–H and O–H groups in total. The van der Waals surface area contributed by atoms with Crippen molar-refractivity contribution in [2.45, 2.75) is 78.1 Å². The van der Waals surface area contributed by atoms with Gasteiger partial charge in [0.1, 0.15) is 6.54 Å². The van der Waals surface area contributed by atoms with Crippen LogP contribution in [0, 0.1) is 0 Å². The molecule has 42 heteroatoms. The highest BCUT2D eigenvalue weighted by atomic mass is 127. The van der Waals surface area contributed by atoms with Crippen molar-refractivity contribution in [3.8, 4) is 45.0 Å². The zero-order valence-corrected chi connectivity index (χ0v) is 84.4. The number of amides is 3. The summed E-state index contributed by atoms with van der Waals surface area (Å²) < 4.78 is 158. The number of aliphatic hydroxyl groups excluding tert-OH is 3. The van der Waals surface area contributed by atoms with E-state index in [1.165, 1.54) is 103 Å². The molecule has 0 radical (unpaired) electrons. The number of nitrogens with one attached hydrogen (secondary N) is 2. The number of nitrogens with two attached hydrogens (primary N) is 1. The standard InChI is InChI=1S/C24H26ClF3N3O2S.C23H23ClF3N3O2S.C20H15BrClF3N2OS.C16H10ClF3N2S.C3H9NO.C2H6BrN.CH3I.2CH4.HI/c1-31(2,12-13-32)11-5-10-22(33)30(20-9-4-7-18(15-20)24(26,27)28)23-29-21(16-34-23)17-6-3-8-19(25)14-17;1-29(11-12-31)10-4-9-21(32)30(19-8-3-6-17(14-19)23(25,26)27)22-28-20(15-33-22)16-5-2-7-18(24)13-16;21-9-3-8-18(28)27(16-7-2-5-14(11-16)20(23,24)25)19-26-17(12-29-19)13-4-1-6-15(22)10-13;17-12-5-1-3-10(7-12)14-9-23-15(22-14)21-13-6-2-4-11(8-13)16(18,19)20;1-4-2-3-5;3-1-2-4;1-2;;;/h3-4,6-9,14-16,32H,5,10-13H2,1-2H3;2-3,5-8,13-15,31H,4,9-12H2,1H3;1-2,4-7,10-12H,3,8-9H2;1-9H,(H,21,22);4-5H,2-3H2,1H3;1-2,4H2;1H3;2*1H4;1H/q+1;;;;;;;;;/p-1. The molecule has 0 bridgehead atoms. The Morgan fingerprint density at radius 1 is 0.444 bits per heavy atom. The van der Waals surface area contributed by atoms with Gasteiger partial charge in [0.25, 0.3) is 0 Å². The fraction of sp³-hybridized carbons (Fsp3) is 0.308. The van der Waals surface area contributed by atoms with Crippen molar-refractivity contribution in [2.75, 3.05) is 123 Å². The average Bonchev–Trinajstić information content (AvgIpc) is 1.79. The SMILES string of the molecule is C.C.CI.CN(CCO)CCCC(=O)N(c1cccc(C(F)(F)F)c1)c1nc(-c2cccc(Cl)c2)cs1.CNCCO.C[N+](C)(CCO)CCCC(=O)N(c1cccc(C(F)(F)F)c1)c1nc(-c2cccc(Cl)c2)cs1.FC(F)(F)c1cccc(Nc2nc(-c3cccc(Cl)c3)cs2)c1.NCCBr.O=C(CCCBr)N(c1cccc(C(F)(F)F)c1)c1nc(-c2cccc(Cl)c2)cs1.[I-]. The summed E-state index contributed by atoms with van der Waals surface area (Å²) in [5.41, 5.74) is 8.03. The summed E-state index contributed by atoms with van der Waals surface area (Å²) in [5.74, 6) is -1.04. The number of likely N-dealkylation sites (N-methyl/N-ethyl adjacent to an activating group) is 3. The first kappa shape index (κ1) is 120. The minimum atomic E-state index is -4.54. The van der Waals surface area contributed by atoms with Gasteiger partial charge in [-0.15, -0.1) is 45.3 Å². The summed E-state index contributed by atoms with van der Waals surface area (Å²) in [5, 5.41) is 44.0. The number of anilines is 8. The van der Waals surface area contributed by atoms with Crippen molar-refractivity contribution in [2.24, 2.45) is 5.73 Å². The van der Waals surface area contributed by atoms with Crippen LogP contribution in [0.3, 0.4) is 0 Å². The fourth-order valence-electron chi connectivity index (χ4n) is 11.5. The number of halogens is 20. The molecule has 0 unspecified atom stereocenters. The minimum absolute atomic E-state index is 0. The number of nitrogens with zero attached hydrogens (tertiary/aromatic N) is 9. The molecule has 133 heavy (non-hydrogen) atoms. The number of carbonyl (C=O) groups excluding carboxylic acids is 3. The van der Waals surface area contributed by atoms with E-state index in [9.17, 15) is 72.2 Å². The lowest BCUT2D eigenvalue weighted by Crippen LogP contribution is -3.00. The van der Waals surface area contributed by atoms with Gasteiger partial charge in [-0.2, -0.15) is 52.7 Å². The van der Waals surface area contributed by atoms with Crippen molar-refractivity contribution < 1.29 is 111 Å². The highest BCUT2D eigenvalue weighted by Gasteiger charge is 2.36. The van der Waals surface area contributed by atoms with E-state index < -0.39 is 47.0 Å². The van der Waals surface area contributed by atoms with E-state index in [1.54, 1.807) is 96.0 Å². The number of rotatable bonds is 30. The lowest BCUT2D eigenvalue weighted by Gasteiger charge is -2.29. The molecule has 3 amide bonds. The van der Waals surface area contributed by atoms with Crippen molar-refractivity contribution in [3.63, 3.8) is 0 Å². The average molecular weight is 2370 g/mol. The van der Waals surface area contributed by atoms with Gasteiger partial charge in [-0.3, -0.25) is 29.1 Å². The molecule has 0 spiro atoms. The van der Waals surface area contributed by atoms with Crippen molar-refractivity contribution in [1.29, 1.82) is 0 Å². The fourth-order valence-corrected chi connectivity index (χ4v) is 15.9. The quantitative estimate of drug-likeness (QED) is 0.0107. The van der Waals surface area contributed by atoms with Crippen LogP contribution in [0.15, 0.2) is 216 Å². The Bertz CT molecular complexity index is 5490. The number of benzene rings is 8. The maximum absolute atomic E-state index is 13.4. The third-order valence-electron chi connectivity index (χ3n) is 17.8. The van der Waals surface area contributed by atoms with Crippen LogP contribution in [-0.4, -0.2) is 165 Å². The molecule has 12 rings (SSSR count). The predicted molar refractivity (Wildman–Crippen MR) is 533 cm³/mol. The number of hydrogen-bond acceptors (Lipinski definition) is 18. The number of alkyl halides is 15. The predicted octanol–water partition coefficient (Wildman–Crippen LogP) is 24.3. The Hall–Kier alpha value is -7.05. The van der Waals surface area contributed by atoms with Gasteiger partial charge in [-0.05, 0) is 160 Å². The zero-order chi connectivity index (χ0) is 95.9. The summed E-state index contributed by atoms with van der Waals surface area (Å²) in [6.45, 7) is 3.91. The first-order valence-electron chi connectivity index (χ1n) is 39.2. The number of thiazole rings is 4. The molecule has 0 aliphatic carbocycles. The Balaban J connectivity index is 0.000000439. The summed E-state index contributed by atoms with van der Waals surface area (Å²) in [6.07, 6.45) is -16.0. The second kappa shape index (κ2) is 59.9. The van der Waals surface area contributed by atoms with Crippen molar-refractivity contribution >= 4 is 207 Å². The molecular formula is C91H100Br2Cl4F12I2N12O6S4. The molecule has 12 aromatic rings. The van der Waals surface area contributed by atoms with E-state index in [4.69, 9.17) is 62.4 Å². The van der Waals surface area contributed by atoms with E-state index in [1.807, 2.05) is 66.7 Å². The molecule has 724 valence electrons. The summed E-state index contributed by atoms with van der Waals surface area (Å²) in [6, 6.07) is 47.5. The largest absolute Gasteiger partial charge is 1.00 e. The Morgan fingerprint density at radius 2 is 0.767 bits per heavy atom. The van der Waals surface area contributed by atoms with Crippen LogP contribution in [0.1, 0.15) is 75.6 Å². The van der Waals surface area contributed by atoms with E-state index in [0.29, 0.717) is 121 Å². The molecule has 8 aromatic carbocycles. The molecule has 18 nitrogen and oxygen atoms in total. The first-order valence-corrected chi connectivity index (χ1v) is 48.6. The second-order valence-electron chi connectivity index (χ2n) is 28.1. The van der Waals surface area contributed by atoms with Gasteiger partial charge in [-0.25, -0.2) is 19.9 Å². The Kier molecular flexibility index (Phi) is 54.1. The molecule has 4 heterocycles. The number of quaternary nitrogens is 1. The maximum atomic E-state index is 13.4. The highest BCUT2D eigenvalue weighted by molar-refractivity contribution is 14.1. The van der Waals surface area contributed by atoms with Crippen LogP contribution in [0.25, 0.3) is 45.0 Å². The molecule has 0 aliphatic rings. The molecule has 0 saturated carbocycles. The van der Waals surface area contributed by atoms with E-state index in [0.717, 1.165) is 82.7 Å². The lowest BCUT2D eigenvalue weighted by atomic mass is 10.1. The Morgan fingerprint density at radius 3 is 1.08 bits per heavy atom. The third-order valence-corrected chi connectivity index (χ3v) is 23.0. The van der Waals surface area contributed by atoms with Crippen LogP contribution in [0.4, 0.5) is 96.0 Å². The van der Waals surface area contributed by atoms with E-state index in [-0.39, 0.29) is 123 Å². The van der Waals surface area contributed by atoms with Gasteiger partial charge >= 0.3 is 24.7 Å². The molecular weight excluding hydrogens is 2270 g/mol. The maximum Gasteiger partial charge on any atom is 0.416 e. The number of carbonyl (C=O) groups is 3. The van der Waals surface area contributed by atoms with E-state index >= 15 is 0 Å². The monoisotopic (exact) mass is 2360 g/mol. The normalized spacial score (nSPS) is 11.1. The number of hydrogen-bond donors (Lipinski definition) is 6. The van der Waals surface area contributed by atoms with Crippen molar-refractivity contribution in [3.05, 3.63) is 258 Å². The van der Waals surface area contributed by atoms with Crippen LogP contribution >= 0.6 is 146 Å². The van der Waals surface area contributed by atoms with Gasteiger partial charge < -0.3 is 65.0 Å².